The van der Waals surface area contributed by atoms with Crippen LogP contribution < -0.4 is 10.2 Å². The van der Waals surface area contributed by atoms with Gasteiger partial charge in [0.25, 0.3) is 5.91 Å². The van der Waals surface area contributed by atoms with Crippen LogP contribution in [0.5, 0.6) is 0 Å². The SMILES string of the molecule is O=C1Cc2cc(N3CCN(C(=O)c4ccccc4Cl)CC3)ccc2N1. The average molecular weight is 356 g/mol. The summed E-state index contributed by atoms with van der Waals surface area (Å²) in [5.74, 6) is 0.0244. The topological polar surface area (TPSA) is 52.7 Å². The van der Waals surface area contributed by atoms with Crippen molar-refractivity contribution >= 4 is 34.8 Å². The van der Waals surface area contributed by atoms with Crippen LogP contribution in [0.25, 0.3) is 0 Å². The molecule has 2 aromatic carbocycles. The Hall–Kier alpha value is -2.53. The summed E-state index contributed by atoms with van der Waals surface area (Å²) in [4.78, 5) is 28.2. The fraction of sp³-hybridized carbons (Fsp3) is 0.263. The smallest absolute Gasteiger partial charge is 0.255 e. The number of fused-ring (bicyclic) bond motifs is 1. The zero-order valence-corrected chi connectivity index (χ0v) is 14.4. The lowest BCUT2D eigenvalue weighted by molar-refractivity contribution is -0.115. The second-order valence-corrected chi connectivity index (χ2v) is 6.73. The summed E-state index contributed by atoms with van der Waals surface area (Å²) in [5, 5.41) is 3.34. The lowest BCUT2D eigenvalue weighted by Crippen LogP contribution is -2.48. The van der Waals surface area contributed by atoms with E-state index < -0.39 is 0 Å². The molecule has 0 radical (unpaired) electrons. The molecule has 2 aliphatic rings. The molecule has 5 nitrogen and oxygen atoms in total. The molecule has 0 aliphatic carbocycles. The molecule has 0 spiro atoms. The number of hydrogen-bond acceptors (Lipinski definition) is 3. The van der Waals surface area contributed by atoms with Crippen LogP contribution in [0.1, 0.15) is 15.9 Å². The number of anilines is 2. The van der Waals surface area contributed by atoms with Gasteiger partial charge in [-0.2, -0.15) is 0 Å². The van der Waals surface area contributed by atoms with Crippen molar-refractivity contribution in [3.8, 4) is 0 Å². The molecule has 25 heavy (non-hydrogen) atoms. The van der Waals surface area contributed by atoms with E-state index in [0.29, 0.717) is 30.1 Å². The van der Waals surface area contributed by atoms with Crippen LogP contribution >= 0.6 is 11.6 Å². The van der Waals surface area contributed by atoms with Crippen molar-refractivity contribution in [1.29, 1.82) is 0 Å². The Kier molecular flexibility index (Phi) is 4.09. The van der Waals surface area contributed by atoms with E-state index in [1.165, 1.54) is 0 Å². The maximum Gasteiger partial charge on any atom is 0.255 e. The van der Waals surface area contributed by atoms with Crippen LogP contribution in [0.2, 0.25) is 5.02 Å². The van der Waals surface area contributed by atoms with E-state index in [9.17, 15) is 9.59 Å². The van der Waals surface area contributed by atoms with Crippen molar-refractivity contribution in [2.75, 3.05) is 36.4 Å². The Labute approximate surface area is 151 Å². The van der Waals surface area contributed by atoms with Crippen LogP contribution in [-0.2, 0) is 11.2 Å². The number of piperazine rings is 1. The number of benzene rings is 2. The number of rotatable bonds is 2. The normalized spacial score (nSPS) is 16.6. The molecule has 2 aromatic rings. The molecular weight excluding hydrogens is 338 g/mol. The lowest BCUT2D eigenvalue weighted by atomic mass is 10.1. The molecule has 2 heterocycles. The highest BCUT2D eigenvalue weighted by Crippen LogP contribution is 2.28. The van der Waals surface area contributed by atoms with Gasteiger partial charge in [-0.1, -0.05) is 23.7 Å². The quantitative estimate of drug-likeness (QED) is 0.901. The second-order valence-electron chi connectivity index (χ2n) is 6.33. The predicted molar refractivity (Wildman–Crippen MR) is 98.3 cm³/mol. The summed E-state index contributed by atoms with van der Waals surface area (Å²) in [7, 11) is 0. The third kappa shape index (κ3) is 3.07. The highest BCUT2D eigenvalue weighted by Gasteiger charge is 2.25. The number of halogens is 1. The highest BCUT2D eigenvalue weighted by atomic mass is 35.5. The minimum atomic E-state index is -0.0194. The zero-order chi connectivity index (χ0) is 17.4. The first-order valence-electron chi connectivity index (χ1n) is 8.33. The molecule has 1 fully saturated rings. The van der Waals surface area contributed by atoms with Crippen molar-refractivity contribution in [3.05, 3.63) is 58.6 Å². The first kappa shape index (κ1) is 16.0. The van der Waals surface area contributed by atoms with Gasteiger partial charge in [-0.15, -0.1) is 0 Å². The van der Waals surface area contributed by atoms with Crippen LogP contribution in [0, 0.1) is 0 Å². The van der Waals surface area contributed by atoms with Crippen LogP contribution in [0.3, 0.4) is 0 Å². The number of nitrogens with zero attached hydrogens (tertiary/aromatic N) is 2. The van der Waals surface area contributed by atoms with Crippen LogP contribution in [-0.4, -0.2) is 42.9 Å². The molecule has 4 rings (SSSR count). The summed E-state index contributed by atoms with van der Waals surface area (Å²) < 4.78 is 0. The monoisotopic (exact) mass is 355 g/mol. The number of carbonyl (C=O) groups excluding carboxylic acids is 2. The van der Waals surface area contributed by atoms with Crippen molar-refractivity contribution in [1.82, 2.24) is 4.90 Å². The van der Waals surface area contributed by atoms with E-state index in [4.69, 9.17) is 11.6 Å². The fourth-order valence-corrected chi connectivity index (χ4v) is 3.60. The Balaban J connectivity index is 1.44. The van der Waals surface area contributed by atoms with Crippen LogP contribution in [0.4, 0.5) is 11.4 Å². The van der Waals surface area contributed by atoms with E-state index in [1.807, 2.05) is 29.2 Å². The van der Waals surface area contributed by atoms with Gasteiger partial charge in [0, 0.05) is 37.6 Å². The molecule has 1 N–H and O–H groups in total. The van der Waals surface area contributed by atoms with Gasteiger partial charge in [0.2, 0.25) is 5.91 Å². The van der Waals surface area contributed by atoms with Gasteiger partial charge < -0.3 is 15.1 Å². The Bertz CT molecular complexity index is 844. The highest BCUT2D eigenvalue weighted by molar-refractivity contribution is 6.33. The predicted octanol–water partition coefficient (Wildman–Crippen LogP) is 2.80. The third-order valence-corrected chi connectivity index (χ3v) is 5.08. The second kappa shape index (κ2) is 6.41. The van der Waals surface area contributed by atoms with Gasteiger partial charge in [0.15, 0.2) is 0 Å². The van der Waals surface area contributed by atoms with Gasteiger partial charge in [0.1, 0.15) is 0 Å². The summed E-state index contributed by atoms with van der Waals surface area (Å²) in [6, 6.07) is 13.2. The maximum absolute atomic E-state index is 12.6. The van der Waals surface area contributed by atoms with Crippen molar-refractivity contribution in [3.63, 3.8) is 0 Å². The van der Waals surface area contributed by atoms with Crippen LogP contribution in [0.15, 0.2) is 42.5 Å². The van der Waals surface area contributed by atoms with Gasteiger partial charge >= 0.3 is 0 Å². The van der Waals surface area contributed by atoms with Crippen molar-refractivity contribution in [2.24, 2.45) is 0 Å². The molecule has 0 atom stereocenters. The van der Waals surface area contributed by atoms with E-state index in [0.717, 1.165) is 30.0 Å². The maximum atomic E-state index is 12.6. The molecule has 2 amide bonds. The fourth-order valence-electron chi connectivity index (χ4n) is 3.39. The van der Waals surface area contributed by atoms with Gasteiger partial charge in [0.05, 0.1) is 17.0 Å². The average Bonchev–Trinajstić information content (AvgIpc) is 3.01. The Morgan fingerprint density at radius 2 is 1.80 bits per heavy atom. The molecule has 128 valence electrons. The number of hydrogen-bond donors (Lipinski definition) is 1. The Morgan fingerprint density at radius 1 is 1.04 bits per heavy atom. The van der Waals surface area contributed by atoms with E-state index in [2.05, 4.69) is 16.3 Å². The minimum absolute atomic E-state index is 0.0194. The van der Waals surface area contributed by atoms with E-state index in [-0.39, 0.29) is 11.8 Å². The first-order chi connectivity index (χ1) is 12.1. The molecule has 0 saturated carbocycles. The number of carbonyl (C=O) groups is 2. The Morgan fingerprint density at radius 3 is 2.56 bits per heavy atom. The largest absolute Gasteiger partial charge is 0.368 e. The summed E-state index contributed by atoms with van der Waals surface area (Å²) in [6.07, 6.45) is 0.439. The first-order valence-corrected chi connectivity index (χ1v) is 8.71. The molecule has 0 bridgehead atoms. The summed E-state index contributed by atoms with van der Waals surface area (Å²) >= 11 is 6.14. The molecule has 6 heteroatoms. The molecule has 1 saturated heterocycles. The third-order valence-electron chi connectivity index (χ3n) is 4.75. The standard InChI is InChI=1S/C19H18ClN3O2/c20-16-4-2-1-3-15(16)19(25)23-9-7-22(8-10-23)14-5-6-17-13(11-14)12-18(24)21-17/h1-6,11H,7-10,12H2,(H,21,24). The van der Waals surface area contributed by atoms with Crippen molar-refractivity contribution in [2.45, 2.75) is 6.42 Å². The van der Waals surface area contributed by atoms with E-state index >= 15 is 0 Å². The number of amides is 2. The van der Waals surface area contributed by atoms with E-state index in [1.54, 1.807) is 12.1 Å². The number of nitrogens with one attached hydrogen (secondary N) is 1. The molecule has 0 aromatic heterocycles. The van der Waals surface area contributed by atoms with Gasteiger partial charge in [-0.3, -0.25) is 9.59 Å². The molecule has 2 aliphatic heterocycles. The molecular formula is C19H18ClN3O2. The summed E-state index contributed by atoms with van der Waals surface area (Å²) in [5.41, 5.74) is 3.60. The van der Waals surface area contributed by atoms with Crippen molar-refractivity contribution < 1.29 is 9.59 Å². The zero-order valence-electron chi connectivity index (χ0n) is 13.7. The van der Waals surface area contributed by atoms with Gasteiger partial charge in [-0.25, -0.2) is 0 Å². The molecule has 0 unspecified atom stereocenters. The minimum Gasteiger partial charge on any atom is -0.368 e. The van der Waals surface area contributed by atoms with Gasteiger partial charge in [-0.05, 0) is 35.9 Å². The lowest BCUT2D eigenvalue weighted by Gasteiger charge is -2.36. The summed E-state index contributed by atoms with van der Waals surface area (Å²) in [6.45, 7) is 2.82.